The SMILES string of the molecule is COCCCC(OC1CN(C(=O)O)CCC1c1ccc(OCCCOCc2ccccc2OC)cc1)c1ccc2cn[nH]c2c1. The van der Waals surface area contributed by atoms with Crippen LogP contribution in [0.3, 0.4) is 0 Å². The molecule has 10 nitrogen and oxygen atoms in total. The largest absolute Gasteiger partial charge is 0.496 e. The number of ether oxygens (including phenoxy) is 5. The van der Waals surface area contributed by atoms with Gasteiger partial charge in [-0.25, -0.2) is 4.79 Å². The summed E-state index contributed by atoms with van der Waals surface area (Å²) in [7, 11) is 3.35. The van der Waals surface area contributed by atoms with E-state index >= 15 is 0 Å². The number of methoxy groups -OCH3 is 2. The summed E-state index contributed by atoms with van der Waals surface area (Å²) in [6.45, 7) is 3.00. The molecule has 1 saturated heterocycles. The van der Waals surface area contributed by atoms with Gasteiger partial charge in [0.25, 0.3) is 0 Å². The quantitative estimate of drug-likeness (QED) is 0.136. The number of benzene rings is 3. The molecule has 240 valence electrons. The molecule has 1 aromatic heterocycles. The number of amides is 1. The number of likely N-dealkylation sites (tertiary alicyclic amines) is 1. The maximum absolute atomic E-state index is 12.0. The summed E-state index contributed by atoms with van der Waals surface area (Å²) in [4.78, 5) is 13.4. The molecule has 45 heavy (non-hydrogen) atoms. The molecule has 10 heteroatoms. The maximum atomic E-state index is 12.0. The van der Waals surface area contributed by atoms with Crippen LogP contribution in [0.2, 0.25) is 0 Å². The summed E-state index contributed by atoms with van der Waals surface area (Å²) in [5.74, 6) is 1.65. The lowest BCUT2D eigenvalue weighted by molar-refractivity contribution is -0.0623. The highest BCUT2D eigenvalue weighted by Crippen LogP contribution is 2.36. The number of hydrogen-bond donors (Lipinski definition) is 2. The van der Waals surface area contributed by atoms with Crippen LogP contribution in [0, 0.1) is 0 Å². The Balaban J connectivity index is 1.20. The number of fused-ring (bicyclic) bond motifs is 1. The molecule has 0 aliphatic carbocycles. The van der Waals surface area contributed by atoms with E-state index in [0.717, 1.165) is 58.4 Å². The minimum absolute atomic E-state index is 0.0406. The van der Waals surface area contributed by atoms with Gasteiger partial charge in [0, 0.05) is 43.5 Å². The van der Waals surface area contributed by atoms with Crippen molar-refractivity contribution in [2.75, 3.05) is 47.1 Å². The van der Waals surface area contributed by atoms with Crippen molar-refractivity contribution in [3.05, 3.63) is 89.6 Å². The number of rotatable bonds is 16. The normalized spacial score (nSPS) is 17.3. The molecule has 0 spiro atoms. The Bertz CT molecular complexity index is 1490. The van der Waals surface area contributed by atoms with E-state index in [2.05, 4.69) is 34.5 Å². The molecular weight excluding hydrogens is 574 g/mol. The Morgan fingerprint density at radius 1 is 1.04 bits per heavy atom. The van der Waals surface area contributed by atoms with E-state index in [0.29, 0.717) is 45.9 Å². The van der Waals surface area contributed by atoms with Crippen molar-refractivity contribution >= 4 is 17.0 Å². The predicted octanol–water partition coefficient (Wildman–Crippen LogP) is 6.58. The van der Waals surface area contributed by atoms with E-state index in [1.807, 2.05) is 42.5 Å². The Kier molecular flexibility index (Phi) is 11.7. The highest BCUT2D eigenvalue weighted by molar-refractivity contribution is 5.78. The highest BCUT2D eigenvalue weighted by atomic mass is 16.5. The summed E-state index contributed by atoms with van der Waals surface area (Å²) in [6, 6.07) is 22.1. The van der Waals surface area contributed by atoms with Crippen LogP contribution < -0.4 is 9.47 Å². The number of carbonyl (C=O) groups is 1. The van der Waals surface area contributed by atoms with Gasteiger partial charge in [0.15, 0.2) is 0 Å². The zero-order valence-electron chi connectivity index (χ0n) is 26.0. The molecule has 2 heterocycles. The number of aromatic nitrogens is 2. The van der Waals surface area contributed by atoms with Gasteiger partial charge in [-0.3, -0.25) is 5.10 Å². The average Bonchev–Trinajstić information content (AvgIpc) is 3.54. The van der Waals surface area contributed by atoms with Crippen LogP contribution in [-0.4, -0.2) is 79.5 Å². The lowest BCUT2D eigenvalue weighted by Gasteiger charge is -2.39. The van der Waals surface area contributed by atoms with Crippen molar-refractivity contribution in [3.8, 4) is 11.5 Å². The molecule has 3 unspecified atom stereocenters. The zero-order valence-corrected chi connectivity index (χ0v) is 26.0. The van der Waals surface area contributed by atoms with Crippen molar-refractivity contribution < 1.29 is 33.6 Å². The molecule has 4 aromatic rings. The third kappa shape index (κ3) is 8.75. The van der Waals surface area contributed by atoms with Crippen LogP contribution in [0.5, 0.6) is 11.5 Å². The number of piperidine rings is 1. The number of carboxylic acid groups (broad SMARTS) is 1. The number of H-pyrrole nitrogens is 1. The summed E-state index contributed by atoms with van der Waals surface area (Å²) in [5.41, 5.74) is 4.11. The predicted molar refractivity (Wildman–Crippen MR) is 171 cm³/mol. The smallest absolute Gasteiger partial charge is 0.407 e. The molecule has 3 aromatic carbocycles. The fourth-order valence-corrected chi connectivity index (χ4v) is 5.87. The maximum Gasteiger partial charge on any atom is 0.407 e. The first-order valence-corrected chi connectivity index (χ1v) is 15.5. The van der Waals surface area contributed by atoms with Crippen molar-refractivity contribution in [1.29, 1.82) is 0 Å². The molecule has 1 aliphatic rings. The van der Waals surface area contributed by atoms with Gasteiger partial charge in [-0.2, -0.15) is 5.10 Å². The third-order valence-corrected chi connectivity index (χ3v) is 8.28. The van der Waals surface area contributed by atoms with Crippen LogP contribution in [0.15, 0.2) is 72.9 Å². The van der Waals surface area contributed by atoms with Crippen LogP contribution in [0.4, 0.5) is 4.79 Å². The van der Waals surface area contributed by atoms with Gasteiger partial charge in [-0.15, -0.1) is 0 Å². The number of hydrogen-bond acceptors (Lipinski definition) is 7. The van der Waals surface area contributed by atoms with Crippen LogP contribution in [0.1, 0.15) is 54.4 Å². The Morgan fingerprint density at radius 2 is 1.89 bits per heavy atom. The second kappa shape index (κ2) is 16.3. The monoisotopic (exact) mass is 617 g/mol. The first-order valence-electron chi connectivity index (χ1n) is 15.5. The van der Waals surface area contributed by atoms with Crippen LogP contribution in [-0.2, 0) is 20.8 Å². The highest BCUT2D eigenvalue weighted by Gasteiger charge is 2.35. The summed E-state index contributed by atoms with van der Waals surface area (Å²) in [5, 5.41) is 18.0. The first kappa shape index (κ1) is 32.3. The molecule has 0 saturated carbocycles. The molecule has 2 N–H and O–H groups in total. The van der Waals surface area contributed by atoms with Gasteiger partial charge >= 0.3 is 6.09 Å². The molecule has 1 amide bonds. The zero-order chi connectivity index (χ0) is 31.4. The Morgan fingerprint density at radius 3 is 2.69 bits per heavy atom. The molecule has 0 bridgehead atoms. The van der Waals surface area contributed by atoms with Gasteiger partial charge in [0.05, 0.1) is 57.4 Å². The topological polar surface area (TPSA) is 115 Å². The van der Waals surface area contributed by atoms with Crippen LogP contribution >= 0.6 is 0 Å². The standard InChI is InChI=1S/C35H43N3O7/c1-41-18-5-9-33(26-10-11-27-22-36-37-31(27)21-26)45-34-23-38(35(39)40)17-16-30(34)25-12-14-29(15-13-25)44-20-6-19-43-24-28-7-3-4-8-32(28)42-2/h3-4,7-8,10-15,21-22,30,33-34H,5-6,9,16-20,23-24H2,1-2H3,(H,36,37)(H,39,40). The second-order valence-electron chi connectivity index (χ2n) is 11.3. The average molecular weight is 618 g/mol. The molecule has 1 fully saturated rings. The van der Waals surface area contributed by atoms with E-state index in [4.69, 9.17) is 23.7 Å². The minimum Gasteiger partial charge on any atom is -0.496 e. The van der Waals surface area contributed by atoms with Gasteiger partial charge < -0.3 is 33.7 Å². The summed E-state index contributed by atoms with van der Waals surface area (Å²) >= 11 is 0. The van der Waals surface area contributed by atoms with E-state index in [9.17, 15) is 9.90 Å². The van der Waals surface area contributed by atoms with Crippen molar-refractivity contribution in [1.82, 2.24) is 15.1 Å². The first-order chi connectivity index (χ1) is 22.1. The molecule has 1 aliphatic heterocycles. The van der Waals surface area contributed by atoms with Crippen LogP contribution in [0.25, 0.3) is 10.9 Å². The molecule has 0 radical (unpaired) electrons. The van der Waals surface area contributed by atoms with Gasteiger partial charge in [0.2, 0.25) is 0 Å². The number of nitrogens with zero attached hydrogens (tertiary/aromatic N) is 2. The summed E-state index contributed by atoms with van der Waals surface area (Å²) in [6.07, 6.45) is 3.34. The van der Waals surface area contributed by atoms with Crippen molar-refractivity contribution in [2.24, 2.45) is 0 Å². The fraction of sp³-hybridized carbons (Fsp3) is 0.429. The van der Waals surface area contributed by atoms with Gasteiger partial charge in [-0.05, 0) is 54.7 Å². The number of aromatic amines is 1. The molecule has 3 atom stereocenters. The molecule has 5 rings (SSSR count). The minimum atomic E-state index is -0.924. The third-order valence-electron chi connectivity index (χ3n) is 8.28. The van der Waals surface area contributed by atoms with E-state index in [1.54, 1.807) is 20.4 Å². The second-order valence-corrected chi connectivity index (χ2v) is 11.3. The fourth-order valence-electron chi connectivity index (χ4n) is 5.87. The molecular formula is C35H43N3O7. The van der Waals surface area contributed by atoms with E-state index < -0.39 is 6.09 Å². The number of para-hydroxylation sites is 1. The van der Waals surface area contributed by atoms with Gasteiger partial charge in [-0.1, -0.05) is 42.5 Å². The van der Waals surface area contributed by atoms with Crippen molar-refractivity contribution in [3.63, 3.8) is 0 Å². The summed E-state index contributed by atoms with van der Waals surface area (Å²) < 4.78 is 29.3. The lowest BCUT2D eigenvalue weighted by Crippen LogP contribution is -2.46. The van der Waals surface area contributed by atoms with Gasteiger partial charge in [0.1, 0.15) is 11.5 Å². The Hall–Kier alpha value is -4.12. The van der Waals surface area contributed by atoms with E-state index in [-0.39, 0.29) is 18.1 Å². The van der Waals surface area contributed by atoms with E-state index in [1.165, 1.54) is 4.90 Å². The number of nitrogens with one attached hydrogen (secondary N) is 1. The van der Waals surface area contributed by atoms with Crippen molar-refractivity contribution in [2.45, 2.75) is 50.4 Å². The lowest BCUT2D eigenvalue weighted by atomic mass is 9.86. The Labute approximate surface area is 264 Å².